The normalized spacial score (nSPS) is 19.1. The Morgan fingerprint density at radius 3 is 2.50 bits per heavy atom. The Bertz CT molecular complexity index is 458. The first-order chi connectivity index (χ1) is 9.38. The van der Waals surface area contributed by atoms with Gasteiger partial charge in [-0.1, -0.05) is 12.1 Å². The Morgan fingerprint density at radius 1 is 1.25 bits per heavy atom. The number of hydrogen-bond acceptors (Lipinski definition) is 2. The molecule has 2 rings (SSSR count). The monoisotopic (exact) mass is 354 g/mol. The standard InChI is InChI=1S/C13H15BrF4N2/c14-10-3-1-2-9(12(10)15)11(8-13(16,17)18)20-6-4-19-5-7-20/h1-3,11,19H,4-8H2/t11-/m1/s1. The minimum atomic E-state index is -4.33. The van der Waals surface area contributed by atoms with Crippen LogP contribution in [0.3, 0.4) is 0 Å². The molecule has 0 spiro atoms. The number of nitrogens with zero attached hydrogens (tertiary/aromatic N) is 1. The van der Waals surface area contributed by atoms with Crippen LogP contribution in [0.4, 0.5) is 17.6 Å². The molecule has 1 aromatic carbocycles. The maximum atomic E-state index is 14.1. The van der Waals surface area contributed by atoms with Crippen LogP contribution in [0.5, 0.6) is 0 Å². The summed E-state index contributed by atoms with van der Waals surface area (Å²) in [5.74, 6) is -0.611. The number of piperazine rings is 1. The number of hydrogen-bond donors (Lipinski definition) is 1. The first-order valence-corrected chi connectivity index (χ1v) is 7.13. The Labute approximate surface area is 123 Å². The molecule has 112 valence electrons. The van der Waals surface area contributed by atoms with Crippen molar-refractivity contribution in [3.05, 3.63) is 34.1 Å². The lowest BCUT2D eigenvalue weighted by molar-refractivity contribution is -0.149. The first kappa shape index (κ1) is 15.7. The maximum Gasteiger partial charge on any atom is 0.390 e. The van der Waals surface area contributed by atoms with Gasteiger partial charge in [0, 0.05) is 37.8 Å². The van der Waals surface area contributed by atoms with Gasteiger partial charge in [-0.05, 0) is 22.0 Å². The Kier molecular flexibility index (Phi) is 5.04. The summed E-state index contributed by atoms with van der Waals surface area (Å²) in [6.45, 7) is 2.19. The predicted molar refractivity (Wildman–Crippen MR) is 72.0 cm³/mol. The molecule has 7 heteroatoms. The molecule has 1 aliphatic rings. The van der Waals surface area contributed by atoms with Gasteiger partial charge in [0.05, 0.1) is 10.9 Å². The van der Waals surface area contributed by atoms with Crippen LogP contribution in [0, 0.1) is 5.82 Å². The Hall–Kier alpha value is -0.660. The van der Waals surface area contributed by atoms with Crippen LogP contribution in [0.2, 0.25) is 0 Å². The molecular formula is C13H15BrF4N2. The van der Waals surface area contributed by atoms with Crippen molar-refractivity contribution in [3.8, 4) is 0 Å². The number of nitrogens with one attached hydrogen (secondary N) is 1. The Balaban J connectivity index is 2.32. The summed E-state index contributed by atoms with van der Waals surface area (Å²) < 4.78 is 52.7. The van der Waals surface area contributed by atoms with Crippen molar-refractivity contribution >= 4 is 15.9 Å². The average Bonchev–Trinajstić information content (AvgIpc) is 2.40. The van der Waals surface area contributed by atoms with Crippen molar-refractivity contribution in [3.63, 3.8) is 0 Å². The fourth-order valence-corrected chi connectivity index (χ4v) is 2.81. The highest BCUT2D eigenvalue weighted by Crippen LogP contribution is 2.36. The van der Waals surface area contributed by atoms with Gasteiger partial charge >= 0.3 is 6.18 Å². The van der Waals surface area contributed by atoms with Gasteiger partial charge < -0.3 is 5.32 Å². The largest absolute Gasteiger partial charge is 0.390 e. The second kappa shape index (κ2) is 6.41. The van der Waals surface area contributed by atoms with Gasteiger partial charge in [-0.25, -0.2) is 4.39 Å². The van der Waals surface area contributed by atoms with Crippen molar-refractivity contribution in [2.24, 2.45) is 0 Å². The van der Waals surface area contributed by atoms with E-state index in [0.717, 1.165) is 0 Å². The lowest BCUT2D eigenvalue weighted by atomic mass is 10.00. The van der Waals surface area contributed by atoms with Gasteiger partial charge in [0.2, 0.25) is 0 Å². The van der Waals surface area contributed by atoms with E-state index in [9.17, 15) is 17.6 Å². The van der Waals surface area contributed by atoms with E-state index in [-0.39, 0.29) is 10.0 Å². The molecule has 0 aliphatic carbocycles. The van der Waals surface area contributed by atoms with Gasteiger partial charge in [-0.3, -0.25) is 4.90 Å². The fourth-order valence-electron chi connectivity index (χ4n) is 2.43. The van der Waals surface area contributed by atoms with Crippen molar-refractivity contribution in [2.45, 2.75) is 18.6 Å². The predicted octanol–water partition coefficient (Wildman–Crippen LogP) is 3.49. The molecule has 1 atom stereocenters. The summed E-state index contributed by atoms with van der Waals surface area (Å²) >= 11 is 3.03. The molecule has 0 amide bonds. The van der Waals surface area contributed by atoms with Crippen LogP contribution in [-0.2, 0) is 0 Å². The molecular weight excluding hydrogens is 340 g/mol. The second-order valence-electron chi connectivity index (χ2n) is 4.76. The SMILES string of the molecule is Fc1c(Br)cccc1[C@@H](CC(F)(F)F)N1CCNCC1. The highest BCUT2D eigenvalue weighted by molar-refractivity contribution is 9.10. The number of rotatable bonds is 3. The van der Waals surface area contributed by atoms with Crippen molar-refractivity contribution in [2.75, 3.05) is 26.2 Å². The van der Waals surface area contributed by atoms with Gasteiger partial charge in [-0.2, -0.15) is 13.2 Å². The van der Waals surface area contributed by atoms with E-state index in [4.69, 9.17) is 0 Å². The summed E-state index contributed by atoms with van der Waals surface area (Å²) in [5.41, 5.74) is 0.0959. The molecule has 2 nitrogen and oxygen atoms in total. The van der Waals surface area contributed by atoms with Crippen LogP contribution in [0.25, 0.3) is 0 Å². The summed E-state index contributed by atoms with van der Waals surface area (Å²) in [4.78, 5) is 1.69. The maximum absolute atomic E-state index is 14.1. The number of halogens is 5. The van der Waals surface area contributed by atoms with Crippen LogP contribution in [0.1, 0.15) is 18.0 Å². The number of benzene rings is 1. The van der Waals surface area contributed by atoms with E-state index in [2.05, 4.69) is 21.2 Å². The zero-order chi connectivity index (χ0) is 14.8. The molecule has 1 saturated heterocycles. The quantitative estimate of drug-likeness (QED) is 0.836. The van der Waals surface area contributed by atoms with Crippen molar-refractivity contribution in [1.29, 1.82) is 0 Å². The summed E-state index contributed by atoms with van der Waals surface area (Å²) in [7, 11) is 0. The molecule has 1 fully saturated rings. The minimum absolute atomic E-state index is 0.0959. The molecule has 1 aromatic rings. The van der Waals surface area contributed by atoms with E-state index in [1.165, 1.54) is 12.1 Å². The van der Waals surface area contributed by atoms with E-state index in [1.54, 1.807) is 11.0 Å². The average molecular weight is 355 g/mol. The van der Waals surface area contributed by atoms with Gasteiger partial charge in [0.25, 0.3) is 0 Å². The lowest BCUT2D eigenvalue weighted by Crippen LogP contribution is -2.46. The molecule has 0 aromatic heterocycles. The molecule has 0 radical (unpaired) electrons. The summed E-state index contributed by atoms with van der Waals surface area (Å²) in [5, 5.41) is 3.08. The van der Waals surface area contributed by atoms with E-state index in [0.29, 0.717) is 26.2 Å². The second-order valence-corrected chi connectivity index (χ2v) is 5.62. The smallest absolute Gasteiger partial charge is 0.314 e. The molecule has 20 heavy (non-hydrogen) atoms. The summed E-state index contributed by atoms with van der Waals surface area (Å²) in [6.07, 6.45) is -5.37. The van der Waals surface area contributed by atoms with Crippen molar-refractivity contribution in [1.82, 2.24) is 10.2 Å². The fraction of sp³-hybridized carbons (Fsp3) is 0.538. The zero-order valence-corrected chi connectivity index (χ0v) is 12.3. The molecule has 0 bridgehead atoms. The third-order valence-corrected chi connectivity index (χ3v) is 3.97. The zero-order valence-electron chi connectivity index (χ0n) is 10.7. The topological polar surface area (TPSA) is 15.3 Å². The van der Waals surface area contributed by atoms with Gasteiger partial charge in [-0.15, -0.1) is 0 Å². The van der Waals surface area contributed by atoms with Crippen LogP contribution in [0.15, 0.2) is 22.7 Å². The highest BCUT2D eigenvalue weighted by Gasteiger charge is 2.37. The molecule has 1 aliphatic heterocycles. The Morgan fingerprint density at radius 2 is 1.90 bits per heavy atom. The first-order valence-electron chi connectivity index (χ1n) is 6.34. The van der Waals surface area contributed by atoms with Crippen LogP contribution >= 0.6 is 15.9 Å². The molecule has 1 heterocycles. The minimum Gasteiger partial charge on any atom is -0.314 e. The highest BCUT2D eigenvalue weighted by atomic mass is 79.9. The van der Waals surface area contributed by atoms with Crippen LogP contribution in [-0.4, -0.2) is 37.3 Å². The van der Waals surface area contributed by atoms with Gasteiger partial charge in [0.15, 0.2) is 0 Å². The van der Waals surface area contributed by atoms with Gasteiger partial charge in [0.1, 0.15) is 5.82 Å². The third kappa shape index (κ3) is 3.93. The molecule has 1 N–H and O–H groups in total. The van der Waals surface area contributed by atoms with E-state index < -0.39 is 24.5 Å². The van der Waals surface area contributed by atoms with E-state index >= 15 is 0 Å². The number of alkyl halides is 3. The summed E-state index contributed by atoms with van der Waals surface area (Å²) in [6, 6.07) is 3.50. The molecule has 0 saturated carbocycles. The lowest BCUT2D eigenvalue weighted by Gasteiger charge is -2.35. The third-order valence-electron chi connectivity index (χ3n) is 3.36. The van der Waals surface area contributed by atoms with E-state index in [1.807, 2.05) is 0 Å². The van der Waals surface area contributed by atoms with Crippen LogP contribution < -0.4 is 5.32 Å². The molecule has 0 unspecified atom stereocenters. The van der Waals surface area contributed by atoms with Crippen molar-refractivity contribution < 1.29 is 17.6 Å².